The van der Waals surface area contributed by atoms with Crippen LogP contribution in [0.5, 0.6) is 0 Å². The third-order valence-electron chi connectivity index (χ3n) is 4.01. The third kappa shape index (κ3) is 2.75. The number of aryl methyl sites for hydroxylation is 1. The molecule has 2 aromatic rings. The van der Waals surface area contributed by atoms with Gasteiger partial charge in [0.2, 0.25) is 0 Å². The number of hydrogen-bond donors (Lipinski definition) is 0. The summed E-state index contributed by atoms with van der Waals surface area (Å²) in [7, 11) is 0. The van der Waals surface area contributed by atoms with Gasteiger partial charge in [-0.2, -0.15) is 5.10 Å². The topological polar surface area (TPSA) is 56.5 Å². The fraction of sp³-hybridized carbons (Fsp3) is 0.471. The lowest BCUT2D eigenvalue weighted by atomic mass is 9.76. The van der Waals surface area contributed by atoms with E-state index in [1.807, 2.05) is 0 Å². The predicted molar refractivity (Wildman–Crippen MR) is 83.7 cm³/mol. The van der Waals surface area contributed by atoms with Gasteiger partial charge in [-0.15, -0.1) is 0 Å². The molecule has 0 saturated heterocycles. The Labute approximate surface area is 130 Å². The molecule has 0 aliphatic heterocycles. The average molecular weight is 299 g/mol. The van der Waals surface area contributed by atoms with Crippen LogP contribution in [0.25, 0.3) is 5.65 Å². The van der Waals surface area contributed by atoms with Gasteiger partial charge in [-0.05, 0) is 44.2 Å². The maximum absolute atomic E-state index is 12.6. The highest BCUT2D eigenvalue weighted by Crippen LogP contribution is 2.36. The van der Waals surface area contributed by atoms with Crippen LogP contribution >= 0.6 is 0 Å². The van der Waals surface area contributed by atoms with Gasteiger partial charge in [0.05, 0.1) is 5.69 Å². The molecule has 0 fully saturated rings. The van der Waals surface area contributed by atoms with Crippen molar-refractivity contribution in [2.75, 3.05) is 0 Å². The molecule has 1 aliphatic rings. The second-order valence-electron chi connectivity index (χ2n) is 6.85. The van der Waals surface area contributed by atoms with Crippen molar-refractivity contribution in [3.05, 3.63) is 41.4 Å². The highest BCUT2D eigenvalue weighted by molar-refractivity contribution is 5.97. The molecule has 0 aromatic carbocycles. The van der Waals surface area contributed by atoms with E-state index in [0.29, 0.717) is 16.9 Å². The molecule has 0 bridgehead atoms. The number of nitrogens with zero attached hydrogens (tertiary/aromatic N) is 3. The lowest BCUT2D eigenvalue weighted by Gasteiger charge is -2.33. The second-order valence-corrected chi connectivity index (χ2v) is 6.85. The molecule has 5 heteroatoms. The molecule has 0 amide bonds. The number of carbonyl (C=O) groups is 1. The molecule has 0 spiro atoms. The number of hydrogen-bond acceptors (Lipinski definition) is 4. The molecular formula is C17H21N3O2. The van der Waals surface area contributed by atoms with Crippen LogP contribution < -0.4 is 0 Å². The summed E-state index contributed by atoms with van der Waals surface area (Å²) in [6.45, 7) is 8.29. The number of aromatic nitrogens is 3. The van der Waals surface area contributed by atoms with Gasteiger partial charge in [-0.3, -0.25) is 0 Å². The second kappa shape index (κ2) is 5.23. The van der Waals surface area contributed by atoms with Crippen molar-refractivity contribution in [3.8, 4) is 0 Å². The predicted octanol–water partition coefficient (Wildman–Crippen LogP) is 3.33. The zero-order valence-electron chi connectivity index (χ0n) is 13.5. The van der Waals surface area contributed by atoms with Gasteiger partial charge in [0.15, 0.2) is 5.65 Å². The molecule has 0 N–H and O–H groups in total. The molecule has 2 aromatic heterocycles. The smallest absolute Gasteiger partial charge is 0.344 e. The summed E-state index contributed by atoms with van der Waals surface area (Å²) in [5, 5.41) is 4.31. The first-order valence-electron chi connectivity index (χ1n) is 7.54. The lowest BCUT2D eigenvalue weighted by Crippen LogP contribution is -2.28. The van der Waals surface area contributed by atoms with Crippen molar-refractivity contribution >= 4 is 11.6 Å². The van der Waals surface area contributed by atoms with E-state index < -0.39 is 0 Å². The fourth-order valence-electron chi connectivity index (χ4n) is 3.31. The number of allylic oxidation sites excluding steroid dienone is 1. The Morgan fingerprint density at radius 3 is 2.91 bits per heavy atom. The Balaban J connectivity index is 1.88. The average Bonchev–Trinajstić information content (AvgIpc) is 2.71. The maximum atomic E-state index is 12.6. The summed E-state index contributed by atoms with van der Waals surface area (Å²) in [5.41, 5.74) is 3.05. The number of carbonyl (C=O) groups excluding carboxylic acids is 1. The zero-order valence-corrected chi connectivity index (χ0v) is 13.5. The number of ether oxygens (including phenoxy) is 1. The first kappa shape index (κ1) is 14.8. The van der Waals surface area contributed by atoms with E-state index >= 15 is 0 Å². The van der Waals surface area contributed by atoms with Crippen LogP contribution in [-0.2, 0) is 4.74 Å². The summed E-state index contributed by atoms with van der Waals surface area (Å²) >= 11 is 0. The summed E-state index contributed by atoms with van der Waals surface area (Å²) < 4.78 is 7.33. The van der Waals surface area contributed by atoms with Crippen molar-refractivity contribution in [3.63, 3.8) is 0 Å². The quantitative estimate of drug-likeness (QED) is 0.630. The van der Waals surface area contributed by atoms with Crippen LogP contribution in [0.2, 0.25) is 0 Å². The SMILES string of the molecule is CC1=CC(OC(=O)c2c(C)nn3cccnc23)CC(C)(C)C1. The molecule has 0 radical (unpaired) electrons. The van der Waals surface area contributed by atoms with E-state index in [4.69, 9.17) is 4.74 Å². The number of rotatable bonds is 2. The van der Waals surface area contributed by atoms with Gasteiger partial charge in [0, 0.05) is 12.4 Å². The minimum absolute atomic E-state index is 0.151. The summed E-state index contributed by atoms with van der Waals surface area (Å²) in [5.74, 6) is -0.349. The highest BCUT2D eigenvalue weighted by Gasteiger charge is 2.30. The van der Waals surface area contributed by atoms with E-state index in [1.165, 1.54) is 5.57 Å². The van der Waals surface area contributed by atoms with Crippen molar-refractivity contribution in [1.82, 2.24) is 14.6 Å². The minimum Gasteiger partial charge on any atom is -0.454 e. The van der Waals surface area contributed by atoms with Crippen LogP contribution in [0.3, 0.4) is 0 Å². The zero-order chi connectivity index (χ0) is 15.9. The van der Waals surface area contributed by atoms with Crippen LogP contribution in [0.15, 0.2) is 30.1 Å². The van der Waals surface area contributed by atoms with Crippen LogP contribution in [0.1, 0.15) is 49.7 Å². The first-order chi connectivity index (χ1) is 10.4. The Bertz CT molecular complexity index is 758. The van der Waals surface area contributed by atoms with E-state index in [-0.39, 0.29) is 17.5 Å². The van der Waals surface area contributed by atoms with Gasteiger partial charge < -0.3 is 4.74 Å². The molecule has 1 atom stereocenters. The summed E-state index contributed by atoms with van der Waals surface area (Å²) in [6.07, 6.45) is 7.17. The number of fused-ring (bicyclic) bond motifs is 1. The molecule has 1 unspecified atom stereocenters. The van der Waals surface area contributed by atoms with Crippen LogP contribution in [-0.4, -0.2) is 26.7 Å². The maximum Gasteiger partial charge on any atom is 0.344 e. The van der Waals surface area contributed by atoms with Crippen molar-refractivity contribution in [2.24, 2.45) is 5.41 Å². The van der Waals surface area contributed by atoms with Crippen LogP contribution in [0, 0.1) is 12.3 Å². The molecule has 2 heterocycles. The molecule has 22 heavy (non-hydrogen) atoms. The van der Waals surface area contributed by atoms with Gasteiger partial charge in [0.25, 0.3) is 0 Å². The normalized spacial score (nSPS) is 20.7. The van der Waals surface area contributed by atoms with E-state index in [0.717, 1.165) is 12.8 Å². The van der Waals surface area contributed by atoms with E-state index in [2.05, 4.69) is 36.9 Å². The lowest BCUT2D eigenvalue weighted by molar-refractivity contribution is 0.0285. The van der Waals surface area contributed by atoms with Gasteiger partial charge in [-0.1, -0.05) is 19.4 Å². The molecule has 0 saturated carbocycles. The Hall–Kier alpha value is -2.17. The molecule has 1 aliphatic carbocycles. The molecule has 5 nitrogen and oxygen atoms in total. The molecule has 116 valence electrons. The van der Waals surface area contributed by atoms with Crippen molar-refractivity contribution < 1.29 is 9.53 Å². The third-order valence-corrected chi connectivity index (χ3v) is 4.01. The fourth-order valence-corrected chi connectivity index (χ4v) is 3.31. The summed E-state index contributed by atoms with van der Waals surface area (Å²) in [6, 6.07) is 1.78. The number of esters is 1. The standard InChI is InChI=1S/C17H21N3O2/c1-11-8-13(10-17(3,4)9-11)22-16(21)14-12(2)19-20-7-5-6-18-15(14)20/h5-8,13H,9-10H2,1-4H3. The summed E-state index contributed by atoms with van der Waals surface area (Å²) in [4.78, 5) is 16.8. The first-order valence-corrected chi connectivity index (χ1v) is 7.54. The van der Waals surface area contributed by atoms with Crippen LogP contribution in [0.4, 0.5) is 0 Å². The van der Waals surface area contributed by atoms with Crippen molar-refractivity contribution in [2.45, 2.75) is 46.6 Å². The van der Waals surface area contributed by atoms with Gasteiger partial charge in [0.1, 0.15) is 11.7 Å². The van der Waals surface area contributed by atoms with Gasteiger partial charge >= 0.3 is 5.97 Å². The van der Waals surface area contributed by atoms with Gasteiger partial charge in [-0.25, -0.2) is 14.3 Å². The Morgan fingerprint density at radius 1 is 1.41 bits per heavy atom. The molecular weight excluding hydrogens is 278 g/mol. The van der Waals surface area contributed by atoms with Crippen molar-refractivity contribution in [1.29, 1.82) is 0 Å². The Morgan fingerprint density at radius 2 is 2.18 bits per heavy atom. The Kier molecular flexibility index (Phi) is 3.51. The largest absolute Gasteiger partial charge is 0.454 e. The van der Waals surface area contributed by atoms with E-state index in [9.17, 15) is 4.79 Å². The molecule has 3 rings (SSSR count). The van der Waals surface area contributed by atoms with E-state index in [1.54, 1.807) is 29.9 Å². The minimum atomic E-state index is -0.349. The highest BCUT2D eigenvalue weighted by atomic mass is 16.5. The monoisotopic (exact) mass is 299 g/mol.